The zero-order valence-electron chi connectivity index (χ0n) is 17.4. The summed E-state index contributed by atoms with van der Waals surface area (Å²) in [6.45, 7) is 0. The number of hydrogen-bond donors (Lipinski definition) is 3. The van der Waals surface area contributed by atoms with Crippen molar-refractivity contribution in [2.75, 3.05) is 18.2 Å². The molecule has 5 rings (SSSR count). The number of benzene rings is 2. The van der Waals surface area contributed by atoms with Crippen molar-refractivity contribution in [2.24, 2.45) is 7.05 Å². The molecular weight excluding hydrogens is 390 g/mol. The van der Waals surface area contributed by atoms with Gasteiger partial charge in [0.1, 0.15) is 11.6 Å². The molecule has 0 saturated carbocycles. The number of fused-ring (bicyclic) bond motifs is 2. The molecule has 156 valence electrons. The summed E-state index contributed by atoms with van der Waals surface area (Å²) in [6, 6.07) is 12.1. The van der Waals surface area contributed by atoms with E-state index >= 15 is 0 Å². The number of aryl methyl sites for hydroxylation is 3. The highest BCUT2D eigenvalue weighted by molar-refractivity contribution is 5.85. The van der Waals surface area contributed by atoms with E-state index in [-0.39, 0.29) is 5.95 Å². The van der Waals surface area contributed by atoms with Crippen LogP contribution in [0.25, 0.3) is 21.9 Å². The van der Waals surface area contributed by atoms with Crippen LogP contribution < -0.4 is 15.8 Å². The SMILES string of the molecule is COc1ccc2[nH]cc(CCc3cnc(N)nc3Nc3ccc4c(c3)ncn4C)c2c1. The standard InChI is InChI=1S/C23H23N7O/c1-30-13-27-20-9-16(5-8-21(20)30)28-22-15(12-26-23(24)29-22)4-3-14-11-25-19-7-6-17(31-2)10-18(14)19/h5-13,25H,3-4H2,1-2H3,(H3,24,26,28,29). The summed E-state index contributed by atoms with van der Waals surface area (Å²) >= 11 is 0. The Balaban J connectivity index is 1.41. The summed E-state index contributed by atoms with van der Waals surface area (Å²) in [6.07, 6.45) is 7.23. The number of hydrogen-bond acceptors (Lipinski definition) is 6. The van der Waals surface area contributed by atoms with Gasteiger partial charge in [0.25, 0.3) is 0 Å². The zero-order valence-corrected chi connectivity index (χ0v) is 17.4. The Morgan fingerprint density at radius 2 is 1.97 bits per heavy atom. The molecule has 8 nitrogen and oxygen atoms in total. The molecule has 5 aromatic rings. The number of methoxy groups -OCH3 is 1. The van der Waals surface area contributed by atoms with Crippen molar-refractivity contribution in [1.82, 2.24) is 24.5 Å². The number of nitrogens with two attached hydrogens (primary N) is 1. The van der Waals surface area contributed by atoms with Crippen LogP contribution in [0.2, 0.25) is 0 Å². The summed E-state index contributed by atoms with van der Waals surface area (Å²) in [5.41, 5.74) is 12.1. The van der Waals surface area contributed by atoms with Crippen LogP contribution in [0.1, 0.15) is 11.1 Å². The third-order valence-electron chi connectivity index (χ3n) is 5.51. The monoisotopic (exact) mass is 413 g/mol. The maximum absolute atomic E-state index is 5.88. The number of ether oxygens (including phenoxy) is 1. The summed E-state index contributed by atoms with van der Waals surface area (Å²) in [4.78, 5) is 16.4. The summed E-state index contributed by atoms with van der Waals surface area (Å²) in [5, 5.41) is 4.55. The zero-order chi connectivity index (χ0) is 21.4. The van der Waals surface area contributed by atoms with E-state index in [1.807, 2.05) is 48.1 Å². The molecule has 0 saturated heterocycles. The van der Waals surface area contributed by atoms with Crippen LogP contribution in [-0.2, 0) is 19.9 Å². The lowest BCUT2D eigenvalue weighted by Gasteiger charge is -2.11. The summed E-state index contributed by atoms with van der Waals surface area (Å²) in [5.74, 6) is 1.79. The molecule has 0 spiro atoms. The van der Waals surface area contributed by atoms with Gasteiger partial charge in [-0.2, -0.15) is 4.98 Å². The van der Waals surface area contributed by atoms with Crippen LogP contribution in [0.5, 0.6) is 5.75 Å². The lowest BCUT2D eigenvalue weighted by atomic mass is 10.0. The van der Waals surface area contributed by atoms with Crippen molar-refractivity contribution in [3.05, 3.63) is 66.2 Å². The predicted molar refractivity (Wildman–Crippen MR) is 123 cm³/mol. The Kier molecular flexibility index (Phi) is 4.66. The second-order valence-corrected chi connectivity index (χ2v) is 7.51. The van der Waals surface area contributed by atoms with Crippen molar-refractivity contribution < 1.29 is 4.74 Å². The Bertz CT molecular complexity index is 1390. The molecule has 0 aliphatic rings. The van der Waals surface area contributed by atoms with Crippen LogP contribution in [0.4, 0.5) is 17.5 Å². The van der Waals surface area contributed by atoms with Gasteiger partial charge >= 0.3 is 0 Å². The molecule has 2 aromatic carbocycles. The second-order valence-electron chi connectivity index (χ2n) is 7.51. The Labute approximate surface area is 179 Å². The van der Waals surface area contributed by atoms with Gasteiger partial charge in [0.15, 0.2) is 0 Å². The van der Waals surface area contributed by atoms with Crippen LogP contribution in [0.3, 0.4) is 0 Å². The molecule has 8 heteroatoms. The molecule has 31 heavy (non-hydrogen) atoms. The molecule has 0 amide bonds. The van der Waals surface area contributed by atoms with Gasteiger partial charge in [-0.05, 0) is 54.8 Å². The van der Waals surface area contributed by atoms with Gasteiger partial charge in [0.2, 0.25) is 5.95 Å². The molecule has 0 fully saturated rings. The number of rotatable bonds is 6. The van der Waals surface area contributed by atoms with Gasteiger partial charge in [-0.1, -0.05) is 0 Å². The summed E-state index contributed by atoms with van der Waals surface area (Å²) in [7, 11) is 3.66. The fourth-order valence-corrected chi connectivity index (χ4v) is 3.82. The number of anilines is 3. The predicted octanol–water partition coefficient (Wildman–Crippen LogP) is 3.96. The number of H-pyrrole nitrogens is 1. The molecule has 0 aliphatic carbocycles. The second kappa shape index (κ2) is 7.64. The van der Waals surface area contributed by atoms with Gasteiger partial charge in [0, 0.05) is 41.6 Å². The minimum Gasteiger partial charge on any atom is -0.497 e. The fraction of sp³-hybridized carbons (Fsp3) is 0.174. The third-order valence-corrected chi connectivity index (χ3v) is 5.51. The van der Waals surface area contributed by atoms with E-state index in [4.69, 9.17) is 10.5 Å². The van der Waals surface area contributed by atoms with Gasteiger partial charge in [-0.15, -0.1) is 0 Å². The number of nitrogen functional groups attached to an aromatic ring is 1. The number of nitrogens with zero attached hydrogens (tertiary/aromatic N) is 4. The lowest BCUT2D eigenvalue weighted by molar-refractivity contribution is 0.415. The molecular formula is C23H23N7O. The minimum atomic E-state index is 0.238. The first-order valence-electron chi connectivity index (χ1n) is 10.0. The molecule has 0 atom stereocenters. The quantitative estimate of drug-likeness (QED) is 0.389. The molecule has 0 aliphatic heterocycles. The highest BCUT2D eigenvalue weighted by atomic mass is 16.5. The summed E-state index contributed by atoms with van der Waals surface area (Å²) < 4.78 is 7.37. The van der Waals surface area contributed by atoms with Crippen LogP contribution in [0.15, 0.2) is 55.1 Å². The largest absolute Gasteiger partial charge is 0.497 e. The number of imidazole rings is 1. The van der Waals surface area contributed by atoms with E-state index in [0.29, 0.717) is 5.82 Å². The van der Waals surface area contributed by atoms with Gasteiger partial charge < -0.3 is 25.3 Å². The smallest absolute Gasteiger partial charge is 0.221 e. The van der Waals surface area contributed by atoms with Crippen LogP contribution in [0, 0.1) is 0 Å². The molecule has 0 radical (unpaired) electrons. The third kappa shape index (κ3) is 3.63. The normalized spacial score (nSPS) is 11.3. The molecule has 0 unspecified atom stereocenters. The van der Waals surface area contributed by atoms with E-state index in [2.05, 4.69) is 31.3 Å². The van der Waals surface area contributed by atoms with Crippen molar-refractivity contribution >= 4 is 39.4 Å². The first-order chi connectivity index (χ1) is 15.1. The first-order valence-corrected chi connectivity index (χ1v) is 10.0. The van der Waals surface area contributed by atoms with E-state index in [0.717, 1.165) is 51.8 Å². The van der Waals surface area contributed by atoms with Gasteiger partial charge in [-0.25, -0.2) is 9.97 Å². The average molecular weight is 413 g/mol. The highest BCUT2D eigenvalue weighted by Gasteiger charge is 2.11. The van der Waals surface area contributed by atoms with E-state index in [9.17, 15) is 0 Å². The highest BCUT2D eigenvalue weighted by Crippen LogP contribution is 2.27. The lowest BCUT2D eigenvalue weighted by Crippen LogP contribution is -2.05. The molecule has 0 bridgehead atoms. The van der Waals surface area contributed by atoms with Crippen molar-refractivity contribution in [2.45, 2.75) is 12.8 Å². The maximum atomic E-state index is 5.88. The Morgan fingerprint density at radius 1 is 1.10 bits per heavy atom. The van der Waals surface area contributed by atoms with Crippen molar-refractivity contribution in [3.8, 4) is 5.75 Å². The van der Waals surface area contributed by atoms with Gasteiger partial charge in [-0.3, -0.25) is 0 Å². The van der Waals surface area contributed by atoms with E-state index in [1.165, 1.54) is 5.56 Å². The fourth-order valence-electron chi connectivity index (χ4n) is 3.82. The number of aromatic amines is 1. The van der Waals surface area contributed by atoms with Crippen molar-refractivity contribution in [1.29, 1.82) is 0 Å². The number of nitrogens with one attached hydrogen (secondary N) is 2. The molecule has 3 heterocycles. The Hall–Kier alpha value is -4.07. The van der Waals surface area contributed by atoms with Gasteiger partial charge in [0.05, 0.1) is 24.5 Å². The van der Waals surface area contributed by atoms with Crippen LogP contribution in [-0.4, -0.2) is 31.6 Å². The topological polar surface area (TPSA) is 107 Å². The Morgan fingerprint density at radius 3 is 2.84 bits per heavy atom. The molecule has 3 aromatic heterocycles. The number of aromatic nitrogens is 5. The molecule has 4 N–H and O–H groups in total. The average Bonchev–Trinajstić information content (AvgIpc) is 3.36. The first kappa shape index (κ1) is 18.9. The van der Waals surface area contributed by atoms with Crippen LogP contribution >= 0.6 is 0 Å². The van der Waals surface area contributed by atoms with E-state index < -0.39 is 0 Å². The van der Waals surface area contributed by atoms with Crippen molar-refractivity contribution in [3.63, 3.8) is 0 Å². The maximum Gasteiger partial charge on any atom is 0.221 e. The van der Waals surface area contributed by atoms with E-state index in [1.54, 1.807) is 19.6 Å². The minimum absolute atomic E-state index is 0.238.